The molecule has 1 aromatic rings. The number of anilines is 2. The Morgan fingerprint density at radius 1 is 0.750 bits per heavy atom. The Bertz CT molecular complexity index is 824. The molecule has 0 amide bonds. The van der Waals surface area contributed by atoms with Crippen molar-refractivity contribution in [3.05, 3.63) is 18.2 Å². The predicted molar refractivity (Wildman–Crippen MR) is 66.6 cm³/mol. The van der Waals surface area contributed by atoms with E-state index in [1.807, 2.05) is 0 Å². The van der Waals surface area contributed by atoms with Gasteiger partial charge < -0.3 is 0 Å². The SMILES string of the molecule is O=S(=O)(O)Nc1ccc(S(=O)(=O)O)cc1NS(=O)(=O)O. The van der Waals surface area contributed by atoms with E-state index in [0.29, 0.717) is 6.07 Å². The first kappa shape index (κ1) is 16.6. The van der Waals surface area contributed by atoms with Crippen molar-refractivity contribution in [1.29, 1.82) is 0 Å². The van der Waals surface area contributed by atoms with Crippen LogP contribution in [-0.4, -0.2) is 38.9 Å². The van der Waals surface area contributed by atoms with Gasteiger partial charge >= 0.3 is 20.6 Å². The molecule has 0 aliphatic rings. The lowest BCUT2D eigenvalue weighted by molar-refractivity contribution is 0.482. The topological polar surface area (TPSA) is 187 Å². The summed E-state index contributed by atoms with van der Waals surface area (Å²) in [6.45, 7) is 0. The molecule has 0 heterocycles. The molecule has 0 aliphatic heterocycles. The van der Waals surface area contributed by atoms with Crippen LogP contribution in [0.1, 0.15) is 0 Å². The van der Waals surface area contributed by atoms with Gasteiger partial charge in [-0.3, -0.25) is 23.1 Å². The molecule has 0 radical (unpaired) electrons. The summed E-state index contributed by atoms with van der Waals surface area (Å²) in [5.41, 5.74) is -1.32. The molecule has 114 valence electrons. The molecular weight excluding hydrogens is 340 g/mol. The smallest absolute Gasteiger partial charge is 0.282 e. The van der Waals surface area contributed by atoms with Gasteiger partial charge in [0.1, 0.15) is 0 Å². The fourth-order valence-electron chi connectivity index (χ4n) is 1.14. The van der Waals surface area contributed by atoms with Gasteiger partial charge in [-0.1, -0.05) is 0 Å². The Hall–Kier alpha value is -1.45. The third-order valence-electron chi connectivity index (χ3n) is 1.77. The fourth-order valence-corrected chi connectivity index (χ4v) is 2.54. The summed E-state index contributed by atoms with van der Waals surface area (Å²) >= 11 is 0. The number of nitrogens with one attached hydrogen (secondary N) is 2. The van der Waals surface area contributed by atoms with Gasteiger partial charge in [0.25, 0.3) is 10.1 Å². The summed E-state index contributed by atoms with van der Waals surface area (Å²) in [6, 6.07) is 2.00. The van der Waals surface area contributed by atoms with E-state index < -0.39 is 47.0 Å². The van der Waals surface area contributed by atoms with Crippen molar-refractivity contribution in [3.8, 4) is 0 Å². The quantitative estimate of drug-likeness (QED) is 0.431. The molecule has 0 fully saturated rings. The highest BCUT2D eigenvalue weighted by Gasteiger charge is 2.17. The van der Waals surface area contributed by atoms with Crippen molar-refractivity contribution in [2.45, 2.75) is 4.90 Å². The van der Waals surface area contributed by atoms with Gasteiger partial charge in [-0.25, -0.2) is 0 Å². The van der Waals surface area contributed by atoms with Crippen LogP contribution < -0.4 is 9.44 Å². The first-order valence-corrected chi connectivity index (χ1v) is 8.72. The second-order valence-corrected chi connectivity index (χ2v) is 7.07. The van der Waals surface area contributed by atoms with Crippen LogP contribution in [-0.2, 0) is 30.7 Å². The number of hydrogen-bond donors (Lipinski definition) is 5. The van der Waals surface area contributed by atoms with Crippen molar-refractivity contribution in [2.24, 2.45) is 0 Å². The second kappa shape index (κ2) is 5.15. The van der Waals surface area contributed by atoms with Crippen LogP contribution in [0.15, 0.2) is 23.1 Å². The lowest BCUT2D eigenvalue weighted by Crippen LogP contribution is -2.16. The summed E-state index contributed by atoms with van der Waals surface area (Å²) in [5.74, 6) is 0. The summed E-state index contributed by atoms with van der Waals surface area (Å²) in [5, 5.41) is 0. The van der Waals surface area contributed by atoms with E-state index in [4.69, 9.17) is 13.7 Å². The molecule has 0 spiro atoms. The van der Waals surface area contributed by atoms with Crippen molar-refractivity contribution in [3.63, 3.8) is 0 Å². The third kappa shape index (κ3) is 5.27. The van der Waals surface area contributed by atoms with Gasteiger partial charge in [0.2, 0.25) is 0 Å². The average Bonchev–Trinajstić information content (AvgIpc) is 2.14. The lowest BCUT2D eigenvalue weighted by atomic mass is 10.3. The molecule has 20 heavy (non-hydrogen) atoms. The molecule has 0 aliphatic carbocycles. The fraction of sp³-hybridized carbons (Fsp3) is 0. The van der Waals surface area contributed by atoms with Crippen LogP contribution in [0.3, 0.4) is 0 Å². The number of rotatable bonds is 5. The largest absolute Gasteiger partial charge is 0.357 e. The lowest BCUT2D eigenvalue weighted by Gasteiger charge is -2.11. The predicted octanol–water partition coefficient (Wildman–Crippen LogP) is -0.637. The van der Waals surface area contributed by atoms with E-state index in [1.54, 1.807) is 0 Å². The normalized spacial score (nSPS) is 12.9. The minimum atomic E-state index is -4.86. The molecule has 1 aromatic carbocycles. The highest BCUT2D eigenvalue weighted by molar-refractivity contribution is 7.87. The highest BCUT2D eigenvalue weighted by atomic mass is 32.2. The summed E-state index contributed by atoms with van der Waals surface area (Å²) < 4.78 is 93.2. The van der Waals surface area contributed by atoms with Crippen molar-refractivity contribution in [1.82, 2.24) is 0 Å². The van der Waals surface area contributed by atoms with Crippen LogP contribution >= 0.6 is 0 Å². The van der Waals surface area contributed by atoms with Crippen molar-refractivity contribution in [2.75, 3.05) is 9.44 Å². The highest BCUT2D eigenvalue weighted by Crippen LogP contribution is 2.26. The molecule has 1 rings (SSSR count). The molecule has 5 N–H and O–H groups in total. The van der Waals surface area contributed by atoms with Crippen molar-refractivity contribution < 1.29 is 38.9 Å². The monoisotopic (exact) mass is 348 g/mol. The van der Waals surface area contributed by atoms with E-state index in [9.17, 15) is 25.3 Å². The zero-order valence-corrected chi connectivity index (χ0v) is 11.7. The van der Waals surface area contributed by atoms with Crippen LogP contribution in [0.5, 0.6) is 0 Å². The van der Waals surface area contributed by atoms with Gasteiger partial charge in [-0.2, -0.15) is 25.3 Å². The number of hydrogen-bond acceptors (Lipinski definition) is 6. The van der Waals surface area contributed by atoms with Gasteiger partial charge in [-0.15, -0.1) is 0 Å². The molecule has 14 heteroatoms. The van der Waals surface area contributed by atoms with Gasteiger partial charge in [0.05, 0.1) is 16.3 Å². The molecule has 0 unspecified atom stereocenters. The van der Waals surface area contributed by atoms with E-state index in [1.165, 1.54) is 9.44 Å². The molecule has 0 atom stereocenters. The first-order chi connectivity index (χ1) is 8.78. The molecule has 0 bridgehead atoms. The maximum absolute atomic E-state index is 10.9. The first-order valence-electron chi connectivity index (χ1n) is 4.40. The Kier molecular flexibility index (Phi) is 4.28. The van der Waals surface area contributed by atoms with Crippen molar-refractivity contribution >= 4 is 42.1 Å². The summed E-state index contributed by atoms with van der Waals surface area (Å²) in [7, 11) is -14.3. The Morgan fingerprint density at radius 2 is 1.20 bits per heavy atom. The van der Waals surface area contributed by atoms with Crippen LogP contribution in [0.2, 0.25) is 0 Å². The molecule has 0 aromatic heterocycles. The van der Waals surface area contributed by atoms with E-state index in [0.717, 1.165) is 12.1 Å². The summed E-state index contributed by atoms with van der Waals surface area (Å²) in [6.07, 6.45) is 0. The Morgan fingerprint density at radius 3 is 1.60 bits per heavy atom. The van der Waals surface area contributed by atoms with Crippen LogP contribution in [0.25, 0.3) is 0 Å². The van der Waals surface area contributed by atoms with Gasteiger partial charge in [0.15, 0.2) is 0 Å². The average molecular weight is 348 g/mol. The maximum Gasteiger partial charge on any atom is 0.357 e. The van der Waals surface area contributed by atoms with Gasteiger partial charge in [0, 0.05) is 0 Å². The molecule has 11 nitrogen and oxygen atoms in total. The van der Waals surface area contributed by atoms with Crippen LogP contribution in [0.4, 0.5) is 11.4 Å². The van der Waals surface area contributed by atoms with Crippen LogP contribution in [0, 0.1) is 0 Å². The van der Waals surface area contributed by atoms with E-state index in [2.05, 4.69) is 0 Å². The Balaban J connectivity index is 3.46. The van der Waals surface area contributed by atoms with Gasteiger partial charge in [-0.05, 0) is 18.2 Å². The maximum atomic E-state index is 10.9. The molecule has 0 saturated carbocycles. The minimum absolute atomic E-state index is 0.524. The number of benzene rings is 1. The minimum Gasteiger partial charge on any atom is -0.282 e. The molecule has 0 saturated heterocycles. The zero-order valence-electron chi connectivity index (χ0n) is 9.25. The van der Waals surface area contributed by atoms with E-state index >= 15 is 0 Å². The standard InChI is InChI=1S/C6H8N2O9S3/c9-18(10,11)4-1-2-5(7-19(12,13)14)6(3-4)8-20(15,16)17/h1-3,7-8H,(H,9,10,11)(H,12,13,14)(H,15,16,17). The Labute approximate surface area is 114 Å². The molecular formula is C6H8N2O9S3. The second-order valence-electron chi connectivity index (χ2n) is 3.34. The summed E-state index contributed by atoms with van der Waals surface area (Å²) in [4.78, 5) is -0.774. The zero-order chi connectivity index (χ0) is 15.8. The third-order valence-corrected chi connectivity index (χ3v) is 3.57. The van der Waals surface area contributed by atoms with E-state index in [-0.39, 0.29) is 0 Å².